The van der Waals surface area contributed by atoms with Crippen molar-refractivity contribution >= 4 is 23.4 Å². The molecule has 0 fully saturated rings. The topological polar surface area (TPSA) is 29.1 Å². The van der Waals surface area contributed by atoms with Crippen LogP contribution < -0.4 is 5.32 Å². The van der Waals surface area contributed by atoms with E-state index in [1.807, 2.05) is 25.1 Å². The lowest BCUT2D eigenvalue weighted by Crippen LogP contribution is -2.23. The molecule has 1 N–H and O–H groups in total. The fourth-order valence-electron chi connectivity index (χ4n) is 2.37. The summed E-state index contributed by atoms with van der Waals surface area (Å²) in [5.41, 5.74) is 2.91. The van der Waals surface area contributed by atoms with E-state index >= 15 is 0 Å². The fourth-order valence-corrected chi connectivity index (χ4v) is 3.27. The summed E-state index contributed by atoms with van der Waals surface area (Å²) in [6.45, 7) is 7.84. The summed E-state index contributed by atoms with van der Waals surface area (Å²) in [4.78, 5) is 13.0. The number of thioether (sulfide) groups is 1. The Hall–Kier alpha value is -1.88. The zero-order valence-corrected chi connectivity index (χ0v) is 15.0. The van der Waals surface area contributed by atoms with Gasteiger partial charge in [0.15, 0.2) is 11.6 Å². The van der Waals surface area contributed by atoms with Crippen LogP contribution >= 0.6 is 11.8 Å². The van der Waals surface area contributed by atoms with Gasteiger partial charge < -0.3 is 5.32 Å². The minimum atomic E-state index is -0.909. The molecular formula is C19H21F2NOS. The van der Waals surface area contributed by atoms with Crippen molar-refractivity contribution in [2.24, 2.45) is 0 Å². The molecule has 0 spiro atoms. The Labute approximate surface area is 145 Å². The SMILES string of the molecule is Cc1cccc(C(C)C)c1NC(=O)C(C)Sc1ccc(F)c(F)c1. The molecule has 2 nitrogen and oxygen atoms in total. The first-order valence-corrected chi connectivity index (χ1v) is 8.69. The summed E-state index contributed by atoms with van der Waals surface area (Å²) in [7, 11) is 0. The maximum absolute atomic E-state index is 13.3. The third-order valence-corrected chi connectivity index (χ3v) is 4.84. The summed E-state index contributed by atoms with van der Waals surface area (Å²) in [5, 5.41) is 2.54. The first kappa shape index (κ1) is 18.5. The standard InChI is InChI=1S/C19H21F2NOS/c1-11(2)15-7-5-6-12(3)18(15)22-19(23)13(4)24-14-8-9-16(20)17(21)10-14/h5-11,13H,1-4H3,(H,22,23). The lowest BCUT2D eigenvalue weighted by atomic mass is 9.98. The fraction of sp³-hybridized carbons (Fsp3) is 0.316. The van der Waals surface area contributed by atoms with Crippen molar-refractivity contribution in [3.8, 4) is 0 Å². The third kappa shape index (κ3) is 4.35. The molecule has 0 saturated heterocycles. The third-order valence-electron chi connectivity index (χ3n) is 3.75. The number of para-hydroxylation sites is 1. The average Bonchev–Trinajstić information content (AvgIpc) is 2.52. The highest BCUT2D eigenvalue weighted by Gasteiger charge is 2.18. The minimum Gasteiger partial charge on any atom is -0.325 e. The second-order valence-electron chi connectivity index (χ2n) is 6.02. The Kier molecular flexibility index (Phi) is 5.99. The quantitative estimate of drug-likeness (QED) is 0.721. The molecule has 0 aliphatic heterocycles. The normalized spacial score (nSPS) is 12.3. The molecule has 0 saturated carbocycles. The van der Waals surface area contributed by atoms with Crippen molar-refractivity contribution in [2.45, 2.75) is 43.8 Å². The van der Waals surface area contributed by atoms with Gasteiger partial charge >= 0.3 is 0 Å². The predicted octanol–water partition coefficient (Wildman–Crippen LogP) is 5.52. The summed E-state index contributed by atoms with van der Waals surface area (Å²) in [5.74, 6) is -1.68. The first-order chi connectivity index (χ1) is 11.3. The summed E-state index contributed by atoms with van der Waals surface area (Å²) in [6, 6.07) is 9.58. The molecule has 1 unspecified atom stereocenters. The lowest BCUT2D eigenvalue weighted by molar-refractivity contribution is -0.115. The van der Waals surface area contributed by atoms with Crippen LogP contribution in [0.5, 0.6) is 0 Å². The number of carbonyl (C=O) groups excluding carboxylic acids is 1. The predicted molar refractivity (Wildman–Crippen MR) is 95.6 cm³/mol. The number of benzene rings is 2. The Morgan fingerprint density at radius 1 is 1.08 bits per heavy atom. The molecular weight excluding hydrogens is 328 g/mol. The zero-order valence-electron chi connectivity index (χ0n) is 14.2. The van der Waals surface area contributed by atoms with Crippen LogP contribution in [-0.2, 0) is 4.79 Å². The number of aryl methyl sites for hydroxylation is 1. The van der Waals surface area contributed by atoms with Crippen LogP contribution in [-0.4, -0.2) is 11.2 Å². The van der Waals surface area contributed by atoms with Gasteiger partial charge in [-0.2, -0.15) is 0 Å². The number of hydrogen-bond donors (Lipinski definition) is 1. The van der Waals surface area contributed by atoms with Gasteiger partial charge in [0.1, 0.15) is 0 Å². The molecule has 2 rings (SSSR count). The second kappa shape index (κ2) is 7.79. The van der Waals surface area contributed by atoms with Gasteiger partial charge in [-0.1, -0.05) is 32.0 Å². The highest BCUT2D eigenvalue weighted by molar-refractivity contribution is 8.00. The van der Waals surface area contributed by atoms with Crippen LogP contribution in [0.2, 0.25) is 0 Å². The van der Waals surface area contributed by atoms with Crippen LogP contribution in [0.3, 0.4) is 0 Å². The molecule has 2 aromatic rings. The van der Waals surface area contributed by atoms with E-state index in [1.165, 1.54) is 17.8 Å². The van der Waals surface area contributed by atoms with Crippen LogP contribution in [0.4, 0.5) is 14.5 Å². The van der Waals surface area contributed by atoms with E-state index in [1.54, 1.807) is 6.92 Å². The van der Waals surface area contributed by atoms with Gasteiger partial charge in [-0.15, -0.1) is 11.8 Å². The number of halogens is 2. The van der Waals surface area contributed by atoms with E-state index in [4.69, 9.17) is 0 Å². The van der Waals surface area contributed by atoms with Gasteiger partial charge in [-0.3, -0.25) is 4.79 Å². The maximum Gasteiger partial charge on any atom is 0.237 e. The Morgan fingerprint density at radius 3 is 2.42 bits per heavy atom. The van der Waals surface area contributed by atoms with E-state index in [9.17, 15) is 13.6 Å². The molecule has 5 heteroatoms. The van der Waals surface area contributed by atoms with Crippen molar-refractivity contribution in [1.29, 1.82) is 0 Å². The molecule has 2 aromatic carbocycles. The van der Waals surface area contributed by atoms with Gasteiger partial charge in [0.05, 0.1) is 5.25 Å². The zero-order chi connectivity index (χ0) is 17.9. The second-order valence-corrected chi connectivity index (χ2v) is 7.43. The Morgan fingerprint density at radius 2 is 1.79 bits per heavy atom. The van der Waals surface area contributed by atoms with Crippen LogP contribution in [0.15, 0.2) is 41.3 Å². The van der Waals surface area contributed by atoms with Gasteiger partial charge in [-0.05, 0) is 49.1 Å². The Bertz CT molecular complexity index is 746. The molecule has 1 atom stereocenters. The number of hydrogen-bond acceptors (Lipinski definition) is 2. The van der Waals surface area contributed by atoms with Gasteiger partial charge in [0, 0.05) is 10.6 Å². The van der Waals surface area contributed by atoms with Gasteiger partial charge in [0.25, 0.3) is 0 Å². The van der Waals surface area contributed by atoms with E-state index in [0.29, 0.717) is 4.90 Å². The molecule has 0 aliphatic rings. The molecule has 1 amide bonds. The highest BCUT2D eigenvalue weighted by atomic mass is 32.2. The molecule has 0 aliphatic carbocycles. The van der Waals surface area contributed by atoms with E-state index in [2.05, 4.69) is 19.2 Å². The van der Waals surface area contributed by atoms with Crippen molar-refractivity contribution in [2.75, 3.05) is 5.32 Å². The van der Waals surface area contributed by atoms with Crippen molar-refractivity contribution in [3.05, 3.63) is 59.2 Å². The van der Waals surface area contributed by atoms with E-state index < -0.39 is 16.9 Å². The number of amides is 1. The molecule has 0 bridgehead atoms. The van der Waals surface area contributed by atoms with Crippen LogP contribution in [0.25, 0.3) is 0 Å². The largest absolute Gasteiger partial charge is 0.325 e. The number of rotatable bonds is 5. The summed E-state index contributed by atoms with van der Waals surface area (Å²) in [6.07, 6.45) is 0. The average molecular weight is 349 g/mol. The number of nitrogens with one attached hydrogen (secondary N) is 1. The molecule has 0 heterocycles. The highest BCUT2D eigenvalue weighted by Crippen LogP contribution is 2.30. The summed E-state index contributed by atoms with van der Waals surface area (Å²) < 4.78 is 26.3. The smallest absolute Gasteiger partial charge is 0.237 e. The molecule has 0 aromatic heterocycles. The minimum absolute atomic E-state index is 0.166. The van der Waals surface area contributed by atoms with Gasteiger partial charge in [0.2, 0.25) is 5.91 Å². The maximum atomic E-state index is 13.3. The number of anilines is 1. The molecule has 0 radical (unpaired) electrons. The summed E-state index contributed by atoms with van der Waals surface area (Å²) >= 11 is 1.20. The van der Waals surface area contributed by atoms with Crippen molar-refractivity contribution in [3.63, 3.8) is 0 Å². The molecule has 128 valence electrons. The van der Waals surface area contributed by atoms with E-state index in [-0.39, 0.29) is 11.8 Å². The monoisotopic (exact) mass is 349 g/mol. The van der Waals surface area contributed by atoms with Crippen LogP contribution in [0.1, 0.15) is 37.8 Å². The van der Waals surface area contributed by atoms with Crippen molar-refractivity contribution in [1.82, 2.24) is 0 Å². The lowest BCUT2D eigenvalue weighted by Gasteiger charge is -2.18. The number of carbonyl (C=O) groups is 1. The van der Waals surface area contributed by atoms with Gasteiger partial charge in [-0.25, -0.2) is 8.78 Å². The Balaban J connectivity index is 2.13. The first-order valence-electron chi connectivity index (χ1n) is 7.81. The van der Waals surface area contributed by atoms with E-state index in [0.717, 1.165) is 28.9 Å². The van der Waals surface area contributed by atoms with Crippen molar-refractivity contribution < 1.29 is 13.6 Å². The molecule has 24 heavy (non-hydrogen) atoms. The van der Waals surface area contributed by atoms with Crippen LogP contribution in [0, 0.1) is 18.6 Å².